The molecule has 0 rings (SSSR count). The van der Waals surface area contributed by atoms with Gasteiger partial charge in [-0.15, -0.1) is 0 Å². The molecular formula is C48H87NO9. The van der Waals surface area contributed by atoms with Crippen LogP contribution in [0.1, 0.15) is 201 Å². The molecule has 10 nitrogen and oxygen atoms in total. The van der Waals surface area contributed by atoms with Crippen molar-refractivity contribution in [2.75, 3.05) is 47.1 Å². The van der Waals surface area contributed by atoms with Crippen LogP contribution in [0.25, 0.3) is 0 Å². The summed E-state index contributed by atoms with van der Waals surface area (Å²) in [5.74, 6) is -0.813. The Balaban J connectivity index is 4.90. The summed E-state index contributed by atoms with van der Waals surface area (Å²) in [6.45, 7) is 7.20. The molecule has 58 heavy (non-hydrogen) atoms. The number of esters is 2. The number of unbranched alkanes of at least 4 members (excludes halogenated alkanes) is 17. The van der Waals surface area contributed by atoms with E-state index < -0.39 is 18.4 Å². The molecule has 1 atom stereocenters. The van der Waals surface area contributed by atoms with E-state index in [4.69, 9.17) is 23.7 Å². The second kappa shape index (κ2) is 42.4. The quantitative estimate of drug-likeness (QED) is 0.0255. The molecular weight excluding hydrogens is 735 g/mol. The van der Waals surface area contributed by atoms with Crippen molar-refractivity contribution in [1.29, 1.82) is 0 Å². The average molecular weight is 822 g/mol. The summed E-state index contributed by atoms with van der Waals surface area (Å²) in [7, 11) is 3.94. The maximum Gasteiger partial charge on any atom is 0.508 e. The van der Waals surface area contributed by atoms with E-state index in [2.05, 4.69) is 45.1 Å². The highest BCUT2D eigenvalue weighted by molar-refractivity contribution is 5.79. The molecule has 0 aliphatic carbocycles. The Labute approximate surface area is 354 Å². The van der Waals surface area contributed by atoms with Crippen molar-refractivity contribution in [2.24, 2.45) is 0 Å². The third-order valence-corrected chi connectivity index (χ3v) is 10.0. The molecule has 0 aromatic rings. The second-order valence-corrected chi connectivity index (χ2v) is 16.1. The summed E-state index contributed by atoms with van der Waals surface area (Å²) >= 11 is 0. The van der Waals surface area contributed by atoms with Gasteiger partial charge in [-0.05, 0) is 84.7 Å². The number of ketones is 1. The van der Waals surface area contributed by atoms with E-state index in [-0.39, 0.29) is 50.6 Å². The first-order valence-electron chi connectivity index (χ1n) is 23.4. The summed E-state index contributed by atoms with van der Waals surface area (Å²) in [5.41, 5.74) is 0. The number of allylic oxidation sites excluding steroid dienone is 4. The van der Waals surface area contributed by atoms with Gasteiger partial charge in [0.05, 0.1) is 6.61 Å². The summed E-state index contributed by atoms with van der Waals surface area (Å²) in [4.78, 5) is 52.4. The van der Waals surface area contributed by atoms with Crippen molar-refractivity contribution in [3.63, 3.8) is 0 Å². The predicted octanol–water partition coefficient (Wildman–Crippen LogP) is 12.2. The lowest BCUT2D eigenvalue weighted by molar-refractivity contribution is -0.156. The molecule has 0 amide bonds. The molecule has 1 unspecified atom stereocenters. The summed E-state index contributed by atoms with van der Waals surface area (Å²) in [6, 6.07) is 0. The topological polar surface area (TPSA) is 118 Å². The van der Waals surface area contributed by atoms with E-state index in [1.54, 1.807) is 0 Å². The highest BCUT2D eigenvalue weighted by atomic mass is 16.7. The highest BCUT2D eigenvalue weighted by Gasteiger charge is 2.20. The smallest absolute Gasteiger partial charge is 0.463 e. The Bertz CT molecular complexity index is 1010. The van der Waals surface area contributed by atoms with E-state index in [1.165, 1.54) is 44.9 Å². The van der Waals surface area contributed by atoms with Gasteiger partial charge in [0, 0.05) is 25.8 Å². The van der Waals surface area contributed by atoms with Gasteiger partial charge in [0.25, 0.3) is 0 Å². The summed E-state index contributed by atoms with van der Waals surface area (Å²) in [6.07, 6.45) is 33.7. The van der Waals surface area contributed by atoms with E-state index >= 15 is 0 Å². The molecule has 0 bridgehead atoms. The normalized spacial score (nSPS) is 12.2. The van der Waals surface area contributed by atoms with Crippen LogP contribution in [0.4, 0.5) is 4.79 Å². The summed E-state index contributed by atoms with van der Waals surface area (Å²) < 4.78 is 27.8. The molecule has 0 N–H and O–H groups in total. The van der Waals surface area contributed by atoms with Gasteiger partial charge >= 0.3 is 18.1 Å². The largest absolute Gasteiger partial charge is 0.508 e. The van der Waals surface area contributed by atoms with E-state index in [1.807, 2.05) is 19.0 Å². The number of hydrogen-bond acceptors (Lipinski definition) is 10. The zero-order chi connectivity index (χ0) is 42.7. The van der Waals surface area contributed by atoms with Crippen LogP contribution in [-0.2, 0) is 38.1 Å². The lowest BCUT2D eigenvalue weighted by Gasteiger charge is -2.19. The van der Waals surface area contributed by atoms with Crippen molar-refractivity contribution in [1.82, 2.24) is 4.90 Å². The monoisotopic (exact) mass is 822 g/mol. The first-order chi connectivity index (χ1) is 28.2. The number of hydrogen-bond donors (Lipinski definition) is 0. The van der Waals surface area contributed by atoms with Crippen molar-refractivity contribution < 1.29 is 42.9 Å². The maximum absolute atomic E-state index is 13.0. The molecule has 0 saturated heterocycles. The van der Waals surface area contributed by atoms with Crippen LogP contribution in [0.3, 0.4) is 0 Å². The van der Waals surface area contributed by atoms with Crippen LogP contribution in [0.2, 0.25) is 0 Å². The Morgan fingerprint density at radius 3 is 1.59 bits per heavy atom. The van der Waals surface area contributed by atoms with Gasteiger partial charge in [0.2, 0.25) is 0 Å². The molecule has 0 aromatic heterocycles. The van der Waals surface area contributed by atoms with Crippen LogP contribution in [-0.4, -0.2) is 88.1 Å². The van der Waals surface area contributed by atoms with Crippen molar-refractivity contribution in [2.45, 2.75) is 213 Å². The van der Waals surface area contributed by atoms with Gasteiger partial charge < -0.3 is 28.6 Å². The number of rotatable bonds is 42. The average Bonchev–Trinajstić information content (AvgIpc) is 3.20. The predicted molar refractivity (Wildman–Crippen MR) is 236 cm³/mol. The molecule has 0 heterocycles. The van der Waals surface area contributed by atoms with Crippen LogP contribution < -0.4 is 0 Å². The standard InChI is InChI=1S/C48H87NO9/c1-6-9-12-15-16-17-18-19-20-21-22-23-24-25-28-29-33-44(58-48(53)54-39-32-38-49(4)5)37-36-43(50)40-55-45(41-56-46(51)34-30-26-13-10-7-2)42-57-47(52)35-31-27-14-11-8-3/h16-17,19-20,44-45H,6-15,18,21-42H2,1-5H3/b17-16-,20-19-. The van der Waals surface area contributed by atoms with E-state index in [9.17, 15) is 19.2 Å². The molecule has 0 aliphatic rings. The minimum atomic E-state index is -0.750. The third kappa shape index (κ3) is 40.1. The number of carbonyl (C=O) groups is 4. The van der Waals surface area contributed by atoms with Gasteiger partial charge in [-0.25, -0.2) is 4.79 Å². The van der Waals surface area contributed by atoms with Gasteiger partial charge in [-0.3, -0.25) is 14.4 Å². The number of ether oxygens (including phenoxy) is 5. The van der Waals surface area contributed by atoms with Crippen molar-refractivity contribution in [3.05, 3.63) is 24.3 Å². The molecule has 0 spiro atoms. The Hall–Kier alpha value is -2.72. The molecule has 0 aromatic carbocycles. The molecule has 0 saturated carbocycles. The lowest BCUT2D eigenvalue weighted by atomic mass is 10.0. The number of nitrogens with zero attached hydrogens (tertiary/aromatic N) is 1. The zero-order valence-electron chi connectivity index (χ0n) is 37.9. The number of Topliss-reactive ketones (excluding diaryl/α,β-unsaturated/α-hetero) is 1. The minimum Gasteiger partial charge on any atom is -0.463 e. The van der Waals surface area contributed by atoms with Crippen LogP contribution in [0.15, 0.2) is 24.3 Å². The fourth-order valence-corrected chi connectivity index (χ4v) is 6.34. The maximum atomic E-state index is 13.0. The van der Waals surface area contributed by atoms with Gasteiger partial charge in [-0.1, -0.05) is 135 Å². The summed E-state index contributed by atoms with van der Waals surface area (Å²) in [5, 5.41) is 0. The van der Waals surface area contributed by atoms with Gasteiger partial charge in [-0.2, -0.15) is 0 Å². The highest BCUT2D eigenvalue weighted by Crippen LogP contribution is 2.17. The first-order valence-corrected chi connectivity index (χ1v) is 23.4. The lowest BCUT2D eigenvalue weighted by Crippen LogP contribution is -2.31. The Kier molecular flexibility index (Phi) is 40.4. The molecule has 10 heteroatoms. The van der Waals surface area contributed by atoms with Crippen molar-refractivity contribution >= 4 is 23.9 Å². The van der Waals surface area contributed by atoms with E-state index in [0.29, 0.717) is 32.1 Å². The van der Waals surface area contributed by atoms with Crippen LogP contribution in [0.5, 0.6) is 0 Å². The fraction of sp³-hybridized carbons (Fsp3) is 0.833. The minimum absolute atomic E-state index is 0.0934. The first kappa shape index (κ1) is 55.3. The number of carbonyl (C=O) groups excluding carboxylic acids is 4. The Morgan fingerprint density at radius 1 is 0.517 bits per heavy atom. The Morgan fingerprint density at radius 2 is 1.02 bits per heavy atom. The van der Waals surface area contributed by atoms with Gasteiger partial charge in [0.15, 0.2) is 5.78 Å². The molecule has 0 aliphatic heterocycles. The zero-order valence-corrected chi connectivity index (χ0v) is 37.9. The van der Waals surface area contributed by atoms with Crippen LogP contribution >= 0.6 is 0 Å². The SMILES string of the molecule is CCCCC/C=C\C/C=C\CCCCCCCCC(CCC(=O)COC(COC(=O)CCCCCCC)COC(=O)CCCCCCC)OC(=O)OCCCN(C)C. The fourth-order valence-electron chi connectivity index (χ4n) is 6.34. The molecule has 338 valence electrons. The molecule has 0 radical (unpaired) electrons. The van der Waals surface area contributed by atoms with Crippen molar-refractivity contribution in [3.8, 4) is 0 Å². The second-order valence-electron chi connectivity index (χ2n) is 16.1. The van der Waals surface area contributed by atoms with E-state index in [0.717, 1.165) is 103 Å². The molecule has 0 fully saturated rings. The third-order valence-electron chi connectivity index (χ3n) is 10.0. The van der Waals surface area contributed by atoms with Crippen LogP contribution in [0, 0.1) is 0 Å². The van der Waals surface area contributed by atoms with Gasteiger partial charge in [0.1, 0.15) is 32.0 Å².